The third kappa shape index (κ3) is 3.22. The van der Waals surface area contributed by atoms with Gasteiger partial charge in [-0.05, 0) is 25.7 Å². The summed E-state index contributed by atoms with van der Waals surface area (Å²) in [7, 11) is 0. The van der Waals surface area contributed by atoms with Gasteiger partial charge in [-0.2, -0.15) is 0 Å². The van der Waals surface area contributed by atoms with Gasteiger partial charge in [-0.3, -0.25) is 9.69 Å². The first-order valence-electron chi connectivity index (χ1n) is 7.09. The predicted octanol–water partition coefficient (Wildman–Crippen LogP) is 0.0932. The van der Waals surface area contributed by atoms with Gasteiger partial charge in [0, 0.05) is 25.2 Å². The molecule has 1 amide bonds. The van der Waals surface area contributed by atoms with Gasteiger partial charge in [0.2, 0.25) is 5.91 Å². The van der Waals surface area contributed by atoms with Crippen molar-refractivity contribution >= 4 is 5.91 Å². The molecular weight excluding hydrogens is 230 g/mol. The van der Waals surface area contributed by atoms with Crippen LogP contribution in [0.2, 0.25) is 0 Å². The minimum Gasteiger partial charge on any atom is -0.378 e. The van der Waals surface area contributed by atoms with Gasteiger partial charge in [-0.25, -0.2) is 0 Å². The van der Waals surface area contributed by atoms with E-state index in [4.69, 9.17) is 10.5 Å². The van der Waals surface area contributed by atoms with E-state index in [1.165, 1.54) is 0 Å². The molecule has 2 fully saturated rings. The second-order valence-electron chi connectivity index (χ2n) is 5.35. The Labute approximate surface area is 109 Å². The lowest BCUT2D eigenvalue weighted by atomic mass is 10.1. The lowest BCUT2D eigenvalue weighted by Gasteiger charge is -2.38. The lowest BCUT2D eigenvalue weighted by Crippen LogP contribution is -2.57. The summed E-state index contributed by atoms with van der Waals surface area (Å²) >= 11 is 0. The number of rotatable bonds is 4. The minimum absolute atomic E-state index is 0.108. The summed E-state index contributed by atoms with van der Waals surface area (Å²) in [5.74, 6) is 0.108. The maximum absolute atomic E-state index is 12.1. The highest BCUT2D eigenvalue weighted by atomic mass is 16.5. The second-order valence-corrected chi connectivity index (χ2v) is 5.35. The quantitative estimate of drug-likeness (QED) is 0.747. The molecule has 0 aromatic rings. The zero-order valence-electron chi connectivity index (χ0n) is 11.2. The Hall–Kier alpha value is -0.650. The number of nitrogens with two attached hydrogens (primary N) is 1. The molecule has 1 saturated heterocycles. The van der Waals surface area contributed by atoms with Crippen LogP contribution in [-0.4, -0.2) is 55.2 Å². The highest BCUT2D eigenvalue weighted by Crippen LogP contribution is 2.25. The van der Waals surface area contributed by atoms with Crippen molar-refractivity contribution in [3.05, 3.63) is 0 Å². The molecule has 1 aliphatic heterocycles. The maximum atomic E-state index is 12.1. The second kappa shape index (κ2) is 6.50. The van der Waals surface area contributed by atoms with Gasteiger partial charge < -0.3 is 15.8 Å². The zero-order valence-corrected chi connectivity index (χ0v) is 11.2. The zero-order chi connectivity index (χ0) is 13.0. The van der Waals surface area contributed by atoms with Gasteiger partial charge in [0.25, 0.3) is 0 Å². The Balaban J connectivity index is 1.95. The highest BCUT2D eigenvalue weighted by molar-refractivity contribution is 5.82. The third-order valence-corrected chi connectivity index (χ3v) is 3.94. The van der Waals surface area contributed by atoms with E-state index in [2.05, 4.69) is 17.1 Å². The SMILES string of the molecule is CCCNC(=O)C1COCCN1C1CCC(N)C1. The molecule has 0 bridgehead atoms. The average Bonchev–Trinajstić information content (AvgIpc) is 2.82. The fourth-order valence-corrected chi connectivity index (χ4v) is 2.94. The Morgan fingerprint density at radius 3 is 3.00 bits per heavy atom. The van der Waals surface area contributed by atoms with E-state index in [1.807, 2.05) is 0 Å². The molecule has 0 aromatic carbocycles. The van der Waals surface area contributed by atoms with Crippen molar-refractivity contribution in [1.82, 2.24) is 10.2 Å². The van der Waals surface area contributed by atoms with Crippen LogP contribution < -0.4 is 11.1 Å². The fraction of sp³-hybridized carbons (Fsp3) is 0.923. The molecule has 18 heavy (non-hydrogen) atoms. The first-order valence-corrected chi connectivity index (χ1v) is 7.09. The van der Waals surface area contributed by atoms with Gasteiger partial charge in [0.1, 0.15) is 6.04 Å². The molecule has 3 N–H and O–H groups in total. The number of ether oxygens (including phenoxy) is 1. The van der Waals surface area contributed by atoms with Crippen LogP contribution in [0.1, 0.15) is 32.6 Å². The topological polar surface area (TPSA) is 67.6 Å². The Bertz CT molecular complexity index is 285. The molecule has 2 rings (SSSR count). The van der Waals surface area contributed by atoms with Gasteiger partial charge in [-0.1, -0.05) is 6.92 Å². The molecule has 3 unspecified atom stereocenters. The Morgan fingerprint density at radius 1 is 1.50 bits per heavy atom. The van der Waals surface area contributed by atoms with E-state index < -0.39 is 0 Å². The summed E-state index contributed by atoms with van der Waals surface area (Å²) in [5, 5.41) is 2.97. The van der Waals surface area contributed by atoms with E-state index in [9.17, 15) is 4.79 Å². The van der Waals surface area contributed by atoms with Crippen LogP contribution in [0.5, 0.6) is 0 Å². The standard InChI is InChI=1S/C13H25N3O2/c1-2-5-15-13(17)12-9-18-7-6-16(12)11-4-3-10(14)8-11/h10-12H,2-9,14H2,1H3,(H,15,17). The van der Waals surface area contributed by atoms with Crippen LogP contribution in [0, 0.1) is 0 Å². The van der Waals surface area contributed by atoms with Crippen LogP contribution in [0.4, 0.5) is 0 Å². The van der Waals surface area contributed by atoms with E-state index >= 15 is 0 Å². The highest BCUT2D eigenvalue weighted by Gasteiger charge is 2.36. The molecule has 1 heterocycles. The molecule has 1 aliphatic carbocycles. The molecule has 0 radical (unpaired) electrons. The number of nitrogens with one attached hydrogen (secondary N) is 1. The number of hydrogen-bond donors (Lipinski definition) is 2. The van der Waals surface area contributed by atoms with E-state index in [1.54, 1.807) is 0 Å². The Morgan fingerprint density at radius 2 is 2.33 bits per heavy atom. The van der Waals surface area contributed by atoms with Crippen molar-refractivity contribution in [2.24, 2.45) is 5.73 Å². The summed E-state index contributed by atoms with van der Waals surface area (Å²) < 4.78 is 5.47. The molecule has 0 spiro atoms. The molecule has 3 atom stereocenters. The number of nitrogens with zero attached hydrogens (tertiary/aromatic N) is 1. The Kier molecular flexibility index (Phi) is 4.97. The first-order chi connectivity index (χ1) is 8.72. The van der Waals surface area contributed by atoms with Crippen LogP contribution in [0.25, 0.3) is 0 Å². The van der Waals surface area contributed by atoms with Gasteiger partial charge >= 0.3 is 0 Å². The summed E-state index contributed by atoms with van der Waals surface area (Å²) in [6.45, 7) is 4.89. The van der Waals surface area contributed by atoms with Crippen molar-refractivity contribution < 1.29 is 9.53 Å². The summed E-state index contributed by atoms with van der Waals surface area (Å²) in [6.07, 6.45) is 4.16. The van der Waals surface area contributed by atoms with Crippen molar-refractivity contribution in [3.63, 3.8) is 0 Å². The van der Waals surface area contributed by atoms with Crippen LogP contribution in [0.15, 0.2) is 0 Å². The fourth-order valence-electron chi connectivity index (χ4n) is 2.94. The summed E-state index contributed by atoms with van der Waals surface area (Å²) in [6, 6.07) is 0.638. The largest absolute Gasteiger partial charge is 0.378 e. The van der Waals surface area contributed by atoms with E-state index in [-0.39, 0.29) is 11.9 Å². The maximum Gasteiger partial charge on any atom is 0.239 e. The predicted molar refractivity (Wildman–Crippen MR) is 70.2 cm³/mol. The van der Waals surface area contributed by atoms with Gasteiger partial charge in [0.05, 0.1) is 13.2 Å². The third-order valence-electron chi connectivity index (χ3n) is 3.94. The average molecular weight is 255 g/mol. The van der Waals surface area contributed by atoms with Crippen LogP contribution in [-0.2, 0) is 9.53 Å². The van der Waals surface area contributed by atoms with Gasteiger partial charge in [0.15, 0.2) is 0 Å². The van der Waals surface area contributed by atoms with Crippen molar-refractivity contribution in [3.8, 4) is 0 Å². The van der Waals surface area contributed by atoms with Crippen molar-refractivity contribution in [2.45, 2.75) is 50.7 Å². The van der Waals surface area contributed by atoms with E-state index in [0.29, 0.717) is 18.7 Å². The van der Waals surface area contributed by atoms with Gasteiger partial charge in [-0.15, -0.1) is 0 Å². The smallest absolute Gasteiger partial charge is 0.239 e. The number of carbonyl (C=O) groups is 1. The number of morpholine rings is 1. The summed E-state index contributed by atoms with van der Waals surface area (Å²) in [4.78, 5) is 14.4. The monoisotopic (exact) mass is 255 g/mol. The number of amides is 1. The number of carbonyl (C=O) groups excluding carboxylic acids is 1. The molecule has 5 nitrogen and oxygen atoms in total. The van der Waals surface area contributed by atoms with Crippen molar-refractivity contribution in [2.75, 3.05) is 26.3 Å². The van der Waals surface area contributed by atoms with Crippen LogP contribution in [0.3, 0.4) is 0 Å². The summed E-state index contributed by atoms with van der Waals surface area (Å²) in [5.41, 5.74) is 5.98. The molecule has 1 saturated carbocycles. The minimum atomic E-state index is -0.124. The normalized spacial score (nSPS) is 33.6. The first kappa shape index (κ1) is 13.8. The lowest BCUT2D eigenvalue weighted by molar-refractivity contribution is -0.134. The van der Waals surface area contributed by atoms with Crippen molar-refractivity contribution in [1.29, 1.82) is 0 Å². The van der Waals surface area contributed by atoms with E-state index in [0.717, 1.165) is 45.4 Å². The molecule has 5 heteroatoms. The molecular formula is C13H25N3O2. The molecule has 0 aromatic heterocycles. The van der Waals surface area contributed by atoms with Crippen LogP contribution >= 0.6 is 0 Å². The molecule has 104 valence electrons. The molecule has 2 aliphatic rings. The number of hydrogen-bond acceptors (Lipinski definition) is 4.